The molecule has 13 rings (SSSR count). The minimum Gasteiger partial charge on any atom is -0.448 e. The van der Waals surface area contributed by atoms with E-state index in [0.717, 1.165) is 71.8 Å². The van der Waals surface area contributed by atoms with E-state index in [9.17, 15) is 28.8 Å². The Morgan fingerprint density at radius 3 is 1.49 bits per heavy atom. The third-order valence-corrected chi connectivity index (χ3v) is 16.8. The maximum atomic E-state index is 12.2. The van der Waals surface area contributed by atoms with Crippen molar-refractivity contribution in [1.82, 2.24) is 59.5 Å². The summed E-state index contributed by atoms with van der Waals surface area (Å²) in [5.74, 6) is 3.96. The van der Waals surface area contributed by atoms with Gasteiger partial charge in [-0.3, -0.25) is 33.4 Å². The highest BCUT2D eigenvalue weighted by Gasteiger charge is 2.58. The van der Waals surface area contributed by atoms with E-state index < -0.39 is 0 Å². The van der Waals surface area contributed by atoms with Crippen molar-refractivity contribution < 1.29 is 37.6 Å². The Hall–Kier alpha value is -6.47. The van der Waals surface area contributed by atoms with E-state index in [2.05, 4.69) is 35.3 Å². The van der Waals surface area contributed by atoms with Gasteiger partial charge in [0.25, 0.3) is 0 Å². The molecule has 10 heterocycles. The average molecular weight is 1180 g/mol. The summed E-state index contributed by atoms with van der Waals surface area (Å²) in [5, 5.41) is 7.35. The molecule has 0 radical (unpaired) electrons. The van der Waals surface area contributed by atoms with Crippen LogP contribution in [0.1, 0.15) is 216 Å². The second kappa shape index (κ2) is 25.5. The molecule has 5 fully saturated rings. The molecule has 3 saturated carbocycles. The van der Waals surface area contributed by atoms with E-state index >= 15 is 0 Å². The van der Waals surface area contributed by atoms with Crippen molar-refractivity contribution in [2.75, 3.05) is 13.1 Å². The second-order valence-electron chi connectivity index (χ2n) is 30.8. The standard InChI is InChI=1S/C12H21NO.C11H15N3O.C11H17N3O.C11H16N2O2.C10H14N2O2.C10H17NO/c1-12(2,3)11(14)13-9-5-4-6-10(13)8-7-9;1-11(2,3)10(15)14-5-8-4-12-7-13-9(8)6-14;1-11(2,3)10(15)13-6-7-14-9(8-13)4-5-12-14;1-11(2,3)10(14)13-5-4-9-8(6-13)12-7-15-9;1-10(2,3)9(13)12-4-7-8(5-12)14-6-11-7;1-9(2,3)8(12)11-10-4-7(5-10)6-10/h9-10H,4-8H2,1-3H3;4,7H,5-6H2,1-3H3;4-5H,6-8H2,1-3H3;7H,4-6H2,1-3H3;6H,4-5H2,1-3H3;7H,4-6H2,1-3H3,(H,11,12)/t9-,10+;;;;;. The van der Waals surface area contributed by atoms with E-state index in [4.69, 9.17) is 8.83 Å². The molecule has 2 saturated heterocycles. The number of rotatable bonds is 1. The molecule has 3 aliphatic carbocycles. The summed E-state index contributed by atoms with van der Waals surface area (Å²) in [6, 6.07) is 3.11. The van der Waals surface area contributed by atoms with Crippen LogP contribution in [-0.2, 0) is 81.0 Å². The normalized spacial score (nSPS) is 21.7. The Bertz CT molecular complexity index is 2820. The van der Waals surface area contributed by atoms with Crippen LogP contribution >= 0.6 is 0 Å². The Morgan fingerprint density at radius 1 is 0.518 bits per heavy atom. The average Bonchev–Trinajstić information content (AvgIpc) is 1.73. The predicted molar refractivity (Wildman–Crippen MR) is 323 cm³/mol. The minimum absolute atomic E-state index is 0.144. The highest BCUT2D eigenvalue weighted by Crippen LogP contribution is 2.57. The molecular weight excluding hydrogens is 1080 g/mol. The fourth-order valence-corrected chi connectivity index (χ4v) is 11.8. The Kier molecular flexibility index (Phi) is 19.8. The van der Waals surface area contributed by atoms with Crippen LogP contribution in [0, 0.1) is 38.4 Å². The summed E-state index contributed by atoms with van der Waals surface area (Å²) < 4.78 is 12.3. The number of carbonyl (C=O) groups excluding carboxylic acids is 6. The predicted octanol–water partition coefficient (Wildman–Crippen LogP) is 10.1. The van der Waals surface area contributed by atoms with Crippen LogP contribution in [0.4, 0.5) is 0 Å². The summed E-state index contributed by atoms with van der Waals surface area (Å²) in [6.45, 7) is 41.2. The van der Waals surface area contributed by atoms with Crippen LogP contribution in [0.2, 0.25) is 0 Å². The number of hydrogen-bond acceptors (Lipinski definition) is 13. The number of aromatic nitrogens is 6. The molecule has 1 N–H and O–H groups in total. The zero-order valence-electron chi connectivity index (χ0n) is 54.6. The molecule has 468 valence electrons. The van der Waals surface area contributed by atoms with Gasteiger partial charge in [0.15, 0.2) is 12.8 Å². The fourth-order valence-electron chi connectivity index (χ4n) is 11.8. The zero-order chi connectivity index (χ0) is 62.8. The van der Waals surface area contributed by atoms with Gasteiger partial charge < -0.3 is 38.7 Å². The third kappa shape index (κ3) is 16.5. The van der Waals surface area contributed by atoms with Crippen LogP contribution in [0.15, 0.2) is 46.4 Å². The van der Waals surface area contributed by atoms with Gasteiger partial charge in [-0.2, -0.15) is 5.10 Å². The van der Waals surface area contributed by atoms with E-state index in [0.29, 0.717) is 57.3 Å². The van der Waals surface area contributed by atoms with E-state index in [1.54, 1.807) is 17.3 Å². The van der Waals surface area contributed by atoms with E-state index in [1.165, 1.54) is 70.5 Å². The molecular formula is C65H100N12O8. The van der Waals surface area contributed by atoms with Crippen molar-refractivity contribution in [2.24, 2.45) is 38.4 Å². The summed E-state index contributed by atoms with van der Waals surface area (Å²) in [7, 11) is 0. The number of hydrogen-bond donors (Lipinski definition) is 1. The van der Waals surface area contributed by atoms with Gasteiger partial charge in [-0.25, -0.2) is 19.9 Å². The SMILES string of the molecule is CC(C)(C)C(=O)N1CCc2ocnc2C1.CC(C)(C)C(=O)N1CCn2nccc2C1.CC(C)(C)C(=O)N1Cc2cncnc2C1.CC(C)(C)C(=O)N1Cc2ncoc2C1.CC(C)(C)C(=O)N1[C@@H]2CCC[C@H]1CC2.CC(C)(C)C(=O)NC12CC(C1)C2. The number of nitrogens with one attached hydrogen (secondary N) is 1. The van der Waals surface area contributed by atoms with Gasteiger partial charge in [-0.1, -0.05) is 125 Å². The Balaban J connectivity index is 0.000000146. The molecule has 85 heavy (non-hydrogen) atoms. The van der Waals surface area contributed by atoms with Crippen molar-refractivity contribution in [2.45, 2.75) is 246 Å². The molecule has 4 aromatic rings. The third-order valence-electron chi connectivity index (χ3n) is 16.8. The van der Waals surface area contributed by atoms with Gasteiger partial charge in [-0.15, -0.1) is 0 Å². The van der Waals surface area contributed by atoms with Gasteiger partial charge in [-0.05, 0) is 63.4 Å². The molecule has 4 bridgehead atoms. The largest absolute Gasteiger partial charge is 0.448 e. The van der Waals surface area contributed by atoms with Crippen LogP contribution in [0.3, 0.4) is 0 Å². The number of fused-ring (bicyclic) bond motifs is 6. The van der Waals surface area contributed by atoms with Crippen molar-refractivity contribution in [3.8, 4) is 0 Å². The number of nitrogens with zero attached hydrogens (tertiary/aromatic N) is 11. The summed E-state index contributed by atoms with van der Waals surface area (Å²) in [5.41, 5.74) is 3.52. The van der Waals surface area contributed by atoms with Crippen molar-refractivity contribution in [3.63, 3.8) is 0 Å². The van der Waals surface area contributed by atoms with Crippen molar-refractivity contribution in [1.29, 1.82) is 0 Å². The van der Waals surface area contributed by atoms with Gasteiger partial charge in [0.1, 0.15) is 29.2 Å². The smallest absolute Gasteiger partial charge is 0.228 e. The lowest BCUT2D eigenvalue weighted by Crippen LogP contribution is -2.69. The van der Waals surface area contributed by atoms with Crippen molar-refractivity contribution >= 4 is 35.4 Å². The summed E-state index contributed by atoms with van der Waals surface area (Å²) >= 11 is 0. The number of piperidine rings is 1. The molecule has 0 aromatic carbocycles. The molecule has 20 nitrogen and oxygen atoms in total. The first-order chi connectivity index (χ1) is 39.3. The van der Waals surface area contributed by atoms with Crippen LogP contribution in [-0.4, -0.2) is 120 Å². The molecule has 9 aliphatic rings. The fraction of sp³-hybridized carbons (Fsp3) is 0.708. The maximum absolute atomic E-state index is 12.2. The highest BCUT2D eigenvalue weighted by molar-refractivity contribution is 5.84. The van der Waals surface area contributed by atoms with Crippen LogP contribution < -0.4 is 5.32 Å². The molecule has 0 unspecified atom stereocenters. The molecule has 20 heteroatoms. The van der Waals surface area contributed by atoms with E-state index in [1.807, 2.05) is 150 Å². The van der Waals surface area contributed by atoms with Crippen molar-refractivity contribution in [3.05, 3.63) is 77.4 Å². The highest BCUT2D eigenvalue weighted by atomic mass is 16.3. The lowest BCUT2D eigenvalue weighted by Gasteiger charge is -2.62. The van der Waals surface area contributed by atoms with Crippen LogP contribution in [0.5, 0.6) is 0 Å². The van der Waals surface area contributed by atoms with Gasteiger partial charge >= 0.3 is 0 Å². The second-order valence-corrected chi connectivity index (χ2v) is 30.8. The topological polar surface area (TPSA) is 226 Å². The molecule has 6 aliphatic heterocycles. The van der Waals surface area contributed by atoms with Crippen LogP contribution in [0.25, 0.3) is 0 Å². The number of oxazole rings is 2. The van der Waals surface area contributed by atoms with Gasteiger partial charge in [0.2, 0.25) is 35.4 Å². The lowest BCUT2D eigenvalue weighted by atomic mass is 9.50. The summed E-state index contributed by atoms with van der Waals surface area (Å²) in [6.07, 6.45) is 18.7. The van der Waals surface area contributed by atoms with E-state index in [-0.39, 0.29) is 67.6 Å². The maximum Gasteiger partial charge on any atom is 0.228 e. The number of amides is 6. The monoisotopic (exact) mass is 1180 g/mol. The first-order valence-electron chi connectivity index (χ1n) is 30.8. The molecule has 6 amide bonds. The minimum atomic E-state index is -0.330. The summed E-state index contributed by atoms with van der Waals surface area (Å²) in [4.78, 5) is 97.6. The molecule has 0 spiro atoms. The van der Waals surface area contributed by atoms with Gasteiger partial charge in [0, 0.05) is 94.1 Å². The Labute approximate surface area is 505 Å². The molecule has 2 atom stereocenters. The quantitative estimate of drug-likeness (QED) is 0.187. The first-order valence-corrected chi connectivity index (χ1v) is 30.8. The molecule has 4 aromatic heterocycles. The van der Waals surface area contributed by atoms with Gasteiger partial charge in [0.05, 0.1) is 50.7 Å². The zero-order valence-corrected chi connectivity index (χ0v) is 54.6. The lowest BCUT2D eigenvalue weighted by molar-refractivity contribution is -0.144. The first kappa shape index (κ1) is 66.1. The Morgan fingerprint density at radius 2 is 1.00 bits per heavy atom. The number of carbonyl (C=O) groups is 6.